The topological polar surface area (TPSA) is 65.3 Å². The smallest absolute Gasteiger partial charge is 0.269 e. The Morgan fingerprint density at radius 3 is 2.28 bits per heavy atom. The van der Waals surface area contributed by atoms with E-state index in [2.05, 4.69) is 4.98 Å². The summed E-state index contributed by atoms with van der Waals surface area (Å²) in [5.41, 5.74) is 1.61. The van der Waals surface area contributed by atoms with E-state index in [-0.39, 0.29) is 12.3 Å². The second kappa shape index (κ2) is 7.04. The number of ether oxygens (including phenoxy) is 1. The minimum Gasteiger partial charge on any atom is -0.489 e. The highest BCUT2D eigenvalue weighted by atomic mass is 19.1. The maximum Gasteiger partial charge on any atom is 0.269 e. The van der Waals surface area contributed by atoms with Crippen molar-refractivity contribution in [3.05, 3.63) is 88.2 Å². The van der Waals surface area contributed by atoms with Crippen molar-refractivity contribution >= 4 is 5.69 Å². The number of nitrogens with zero attached hydrogens (tertiary/aromatic N) is 2. The Morgan fingerprint density at radius 1 is 0.960 bits per heavy atom. The summed E-state index contributed by atoms with van der Waals surface area (Å²) < 4.78 is 32.2. The molecular weight excluding hydrogens is 330 g/mol. The number of aromatic nitrogens is 1. The number of nitro benzene ring substituents is 1. The molecule has 0 spiro atoms. The fourth-order valence-corrected chi connectivity index (χ4v) is 2.28. The van der Waals surface area contributed by atoms with Crippen LogP contribution in [0.15, 0.2) is 60.9 Å². The third-order valence-electron chi connectivity index (χ3n) is 3.44. The Balaban J connectivity index is 1.74. The lowest BCUT2D eigenvalue weighted by Crippen LogP contribution is -1.97. The molecule has 126 valence electrons. The first-order valence-corrected chi connectivity index (χ1v) is 7.29. The van der Waals surface area contributed by atoms with Crippen LogP contribution in [0.25, 0.3) is 11.1 Å². The minimum atomic E-state index is -0.664. The van der Waals surface area contributed by atoms with E-state index in [9.17, 15) is 18.9 Å². The van der Waals surface area contributed by atoms with E-state index in [0.717, 1.165) is 6.07 Å². The highest BCUT2D eigenvalue weighted by Crippen LogP contribution is 2.23. The number of benzene rings is 2. The average molecular weight is 342 g/mol. The highest BCUT2D eigenvalue weighted by molar-refractivity contribution is 5.63. The summed E-state index contributed by atoms with van der Waals surface area (Å²) in [7, 11) is 0. The zero-order valence-corrected chi connectivity index (χ0v) is 12.9. The predicted molar refractivity (Wildman–Crippen MR) is 87.0 cm³/mol. The van der Waals surface area contributed by atoms with Crippen molar-refractivity contribution in [1.29, 1.82) is 0 Å². The molecule has 0 unspecified atom stereocenters. The molecule has 0 aliphatic heterocycles. The van der Waals surface area contributed by atoms with E-state index in [1.54, 1.807) is 12.3 Å². The maximum absolute atomic E-state index is 13.3. The molecule has 0 aliphatic carbocycles. The number of non-ortho nitro benzene ring substituents is 1. The Bertz CT molecular complexity index is 894. The molecule has 0 fully saturated rings. The van der Waals surface area contributed by atoms with Gasteiger partial charge in [0.1, 0.15) is 24.0 Å². The van der Waals surface area contributed by atoms with Gasteiger partial charge in [-0.15, -0.1) is 0 Å². The molecule has 3 aromatic rings. The number of rotatable bonds is 5. The normalized spacial score (nSPS) is 10.5. The molecule has 2 aromatic carbocycles. The van der Waals surface area contributed by atoms with Crippen LogP contribution in [-0.4, -0.2) is 9.91 Å². The van der Waals surface area contributed by atoms with Gasteiger partial charge in [-0.1, -0.05) is 0 Å². The Hall–Kier alpha value is -3.35. The second-order valence-electron chi connectivity index (χ2n) is 5.28. The molecule has 0 saturated carbocycles. The zero-order valence-electron chi connectivity index (χ0n) is 12.9. The molecule has 7 heteroatoms. The fourth-order valence-electron chi connectivity index (χ4n) is 2.28. The summed E-state index contributed by atoms with van der Waals surface area (Å²) in [5.74, 6) is -0.863. The molecule has 0 saturated heterocycles. The van der Waals surface area contributed by atoms with Crippen LogP contribution in [0.3, 0.4) is 0 Å². The summed E-state index contributed by atoms with van der Waals surface area (Å²) in [5, 5.41) is 10.6. The van der Waals surface area contributed by atoms with Crippen LogP contribution >= 0.6 is 0 Å². The van der Waals surface area contributed by atoms with Gasteiger partial charge < -0.3 is 4.74 Å². The van der Waals surface area contributed by atoms with Crippen LogP contribution < -0.4 is 4.74 Å². The molecule has 0 radical (unpaired) electrons. The predicted octanol–water partition coefficient (Wildman–Crippen LogP) is 4.51. The Morgan fingerprint density at radius 2 is 1.64 bits per heavy atom. The lowest BCUT2D eigenvalue weighted by molar-refractivity contribution is -0.384. The van der Waals surface area contributed by atoms with Crippen molar-refractivity contribution in [2.24, 2.45) is 0 Å². The van der Waals surface area contributed by atoms with Crippen molar-refractivity contribution in [3.8, 4) is 16.9 Å². The number of hydrogen-bond donors (Lipinski definition) is 0. The van der Waals surface area contributed by atoms with Gasteiger partial charge in [-0.2, -0.15) is 0 Å². The molecule has 25 heavy (non-hydrogen) atoms. The average Bonchev–Trinajstić information content (AvgIpc) is 2.60. The van der Waals surface area contributed by atoms with Crippen molar-refractivity contribution in [2.75, 3.05) is 0 Å². The van der Waals surface area contributed by atoms with Crippen molar-refractivity contribution in [3.63, 3.8) is 0 Å². The first-order chi connectivity index (χ1) is 12.0. The molecule has 0 atom stereocenters. The van der Waals surface area contributed by atoms with E-state index < -0.39 is 16.6 Å². The van der Waals surface area contributed by atoms with Crippen LogP contribution in [0.5, 0.6) is 5.75 Å². The van der Waals surface area contributed by atoms with Gasteiger partial charge in [0.2, 0.25) is 0 Å². The van der Waals surface area contributed by atoms with Crippen LogP contribution in [0.1, 0.15) is 5.56 Å². The zero-order chi connectivity index (χ0) is 17.8. The summed E-state index contributed by atoms with van der Waals surface area (Å²) >= 11 is 0. The number of pyridine rings is 1. The summed E-state index contributed by atoms with van der Waals surface area (Å²) in [6.07, 6.45) is 3.08. The summed E-state index contributed by atoms with van der Waals surface area (Å²) in [6, 6.07) is 10.7. The molecule has 0 N–H and O–H groups in total. The van der Waals surface area contributed by atoms with Gasteiger partial charge >= 0.3 is 0 Å². The van der Waals surface area contributed by atoms with Gasteiger partial charge in [0.05, 0.1) is 4.92 Å². The van der Waals surface area contributed by atoms with E-state index >= 15 is 0 Å². The summed E-state index contributed by atoms with van der Waals surface area (Å²) in [6.45, 7) is 0.163. The van der Waals surface area contributed by atoms with E-state index in [1.807, 2.05) is 0 Å². The third kappa shape index (κ3) is 4.14. The van der Waals surface area contributed by atoms with Gasteiger partial charge in [-0.05, 0) is 35.9 Å². The highest BCUT2D eigenvalue weighted by Gasteiger charge is 2.07. The van der Waals surface area contributed by atoms with Crippen LogP contribution in [0.2, 0.25) is 0 Å². The monoisotopic (exact) mass is 342 g/mol. The lowest BCUT2D eigenvalue weighted by atomic mass is 10.1. The van der Waals surface area contributed by atoms with Gasteiger partial charge in [-0.3, -0.25) is 15.1 Å². The van der Waals surface area contributed by atoms with Gasteiger partial charge in [0.15, 0.2) is 0 Å². The van der Waals surface area contributed by atoms with Crippen LogP contribution in [0.4, 0.5) is 14.5 Å². The molecule has 3 rings (SSSR count). The Labute approximate surface area is 141 Å². The lowest BCUT2D eigenvalue weighted by Gasteiger charge is -2.08. The number of halogens is 2. The van der Waals surface area contributed by atoms with Crippen molar-refractivity contribution in [2.45, 2.75) is 6.61 Å². The van der Waals surface area contributed by atoms with Crippen molar-refractivity contribution < 1.29 is 18.4 Å². The van der Waals surface area contributed by atoms with Gasteiger partial charge in [0.25, 0.3) is 5.69 Å². The van der Waals surface area contributed by atoms with E-state index in [1.165, 1.54) is 42.6 Å². The second-order valence-corrected chi connectivity index (χ2v) is 5.28. The largest absolute Gasteiger partial charge is 0.489 e. The SMILES string of the molecule is O=[N+]([O-])c1ccc(OCc2cncc(-c3cc(F)cc(F)c3)c2)cc1. The maximum atomic E-state index is 13.3. The van der Waals surface area contributed by atoms with E-state index in [4.69, 9.17) is 4.74 Å². The van der Waals surface area contributed by atoms with Crippen molar-refractivity contribution in [1.82, 2.24) is 4.98 Å². The van der Waals surface area contributed by atoms with E-state index in [0.29, 0.717) is 22.4 Å². The summed E-state index contributed by atoms with van der Waals surface area (Å²) in [4.78, 5) is 14.2. The molecule has 0 amide bonds. The van der Waals surface area contributed by atoms with Gasteiger partial charge in [0, 0.05) is 41.7 Å². The Kier molecular flexibility index (Phi) is 4.65. The molecule has 0 aliphatic rings. The molecule has 5 nitrogen and oxygen atoms in total. The number of hydrogen-bond acceptors (Lipinski definition) is 4. The first-order valence-electron chi connectivity index (χ1n) is 7.29. The minimum absolute atomic E-state index is 0.0239. The van der Waals surface area contributed by atoms with Crippen LogP contribution in [0, 0.1) is 21.7 Å². The molecular formula is C18H12F2N2O3. The fraction of sp³-hybridized carbons (Fsp3) is 0.0556. The molecule has 0 bridgehead atoms. The van der Waals surface area contributed by atoms with Crippen LogP contribution in [-0.2, 0) is 6.61 Å². The standard InChI is InChI=1S/C18H12F2N2O3/c19-15-6-13(7-16(20)8-15)14-5-12(9-21-10-14)11-25-18-3-1-17(2-4-18)22(23)24/h1-10H,11H2. The first kappa shape index (κ1) is 16.5. The quantitative estimate of drug-likeness (QED) is 0.505. The molecule has 1 aromatic heterocycles. The third-order valence-corrected chi connectivity index (χ3v) is 3.44. The molecule has 1 heterocycles. The van der Waals surface area contributed by atoms with Gasteiger partial charge in [-0.25, -0.2) is 8.78 Å². The number of nitro groups is 1.